The molecule has 0 unspecified atom stereocenters. The highest BCUT2D eigenvalue weighted by molar-refractivity contribution is 5.93. The zero-order valence-corrected chi connectivity index (χ0v) is 16.4. The molecule has 0 radical (unpaired) electrons. The number of nitrogens with one attached hydrogen (secondary N) is 1. The van der Waals surface area contributed by atoms with Gasteiger partial charge in [-0.2, -0.15) is 0 Å². The fourth-order valence-corrected chi connectivity index (χ4v) is 6.71. The Morgan fingerprint density at radius 3 is 2.11 bits per heavy atom. The van der Waals surface area contributed by atoms with Gasteiger partial charge in [0, 0.05) is 50.7 Å². The second-order valence-corrected chi connectivity index (χ2v) is 9.25. The van der Waals surface area contributed by atoms with Gasteiger partial charge in [0.25, 0.3) is 5.91 Å². The van der Waals surface area contributed by atoms with Gasteiger partial charge in [0.2, 0.25) is 5.95 Å². The van der Waals surface area contributed by atoms with Crippen molar-refractivity contribution in [3.8, 4) is 0 Å². The van der Waals surface area contributed by atoms with Crippen LogP contribution in [0.3, 0.4) is 0 Å². The van der Waals surface area contributed by atoms with E-state index in [1.54, 1.807) is 12.4 Å². The molecule has 1 aromatic heterocycles. The smallest absolute Gasteiger partial charge is 0.257 e. The predicted molar refractivity (Wildman–Crippen MR) is 105 cm³/mol. The number of hydrogen-bond acceptors (Lipinski definition) is 5. The number of carbonyl (C=O) groups excluding carboxylic acids is 1. The van der Waals surface area contributed by atoms with E-state index in [9.17, 15) is 4.79 Å². The third-order valence-electron chi connectivity index (χ3n) is 7.48. The minimum Gasteiger partial charge on any atom is -0.355 e. The Balaban J connectivity index is 1.22. The van der Waals surface area contributed by atoms with Crippen molar-refractivity contribution in [1.82, 2.24) is 19.8 Å². The second kappa shape index (κ2) is 6.73. The number of carbonyl (C=O) groups is 1. The van der Waals surface area contributed by atoms with Crippen molar-refractivity contribution in [2.24, 2.45) is 17.8 Å². The van der Waals surface area contributed by atoms with Gasteiger partial charge in [-0.05, 0) is 63.2 Å². The Hall–Kier alpha value is -1.69. The van der Waals surface area contributed by atoms with Gasteiger partial charge in [-0.15, -0.1) is 0 Å². The summed E-state index contributed by atoms with van der Waals surface area (Å²) >= 11 is 0. The highest BCUT2D eigenvalue weighted by atomic mass is 16.2. The lowest BCUT2D eigenvalue weighted by molar-refractivity contribution is -0.0987. The number of hydrogen-bond donors (Lipinski definition) is 1. The van der Waals surface area contributed by atoms with Gasteiger partial charge < -0.3 is 10.2 Å². The third kappa shape index (κ3) is 3.12. The molecule has 1 N–H and O–H groups in total. The molecule has 1 aliphatic heterocycles. The van der Waals surface area contributed by atoms with Gasteiger partial charge in [0.05, 0.1) is 5.56 Å². The maximum atomic E-state index is 12.8. The largest absolute Gasteiger partial charge is 0.355 e. The Labute approximate surface area is 161 Å². The normalized spacial score (nSPS) is 35.4. The van der Waals surface area contributed by atoms with Gasteiger partial charge >= 0.3 is 0 Å². The maximum absolute atomic E-state index is 12.8. The molecular formula is C21H31N5O. The van der Waals surface area contributed by atoms with Crippen LogP contribution in [0, 0.1) is 17.8 Å². The molecule has 4 aliphatic carbocycles. The van der Waals surface area contributed by atoms with Crippen LogP contribution in [-0.4, -0.2) is 63.9 Å². The summed E-state index contributed by atoms with van der Waals surface area (Å²) in [6.45, 7) is 6.48. The van der Waals surface area contributed by atoms with E-state index < -0.39 is 0 Å². The van der Waals surface area contributed by atoms with E-state index in [1.807, 2.05) is 11.8 Å². The molecule has 0 spiro atoms. The van der Waals surface area contributed by atoms with Crippen LogP contribution < -0.4 is 5.32 Å². The van der Waals surface area contributed by atoms with Crippen LogP contribution in [0.5, 0.6) is 0 Å². The molecule has 146 valence electrons. The van der Waals surface area contributed by atoms with Crippen LogP contribution in [-0.2, 0) is 0 Å². The molecule has 5 fully saturated rings. The highest BCUT2D eigenvalue weighted by Gasteiger charge is 2.53. The fourth-order valence-electron chi connectivity index (χ4n) is 6.71. The van der Waals surface area contributed by atoms with Crippen molar-refractivity contribution in [2.45, 2.75) is 51.0 Å². The average Bonchev–Trinajstić information content (AvgIpc) is 2.67. The van der Waals surface area contributed by atoms with E-state index in [2.05, 4.69) is 20.2 Å². The molecule has 6 rings (SSSR count). The summed E-state index contributed by atoms with van der Waals surface area (Å²) in [6.07, 6.45) is 12.0. The Morgan fingerprint density at radius 2 is 1.59 bits per heavy atom. The first kappa shape index (κ1) is 17.4. The SMILES string of the molecule is CCNc1ncc(C(=O)N2CCN(C34CC5CC(CC(C5)C3)C4)CC2)cn1. The average molecular weight is 370 g/mol. The van der Waals surface area contributed by atoms with E-state index >= 15 is 0 Å². The van der Waals surface area contributed by atoms with Crippen LogP contribution in [0.1, 0.15) is 55.8 Å². The third-order valence-corrected chi connectivity index (χ3v) is 7.48. The minimum atomic E-state index is 0.0724. The predicted octanol–water partition coefficient (Wildman–Crippen LogP) is 2.64. The second-order valence-electron chi connectivity index (χ2n) is 9.25. The molecule has 1 aromatic rings. The lowest BCUT2D eigenvalue weighted by Gasteiger charge is -2.61. The maximum Gasteiger partial charge on any atom is 0.257 e. The number of amides is 1. The van der Waals surface area contributed by atoms with Crippen molar-refractivity contribution >= 4 is 11.9 Å². The fraction of sp³-hybridized carbons (Fsp3) is 0.762. The van der Waals surface area contributed by atoms with Crippen LogP contribution in [0.2, 0.25) is 0 Å². The summed E-state index contributed by atoms with van der Waals surface area (Å²) in [5, 5.41) is 3.07. The van der Waals surface area contributed by atoms with Crippen LogP contribution in [0.15, 0.2) is 12.4 Å². The molecule has 4 saturated carbocycles. The first-order valence-corrected chi connectivity index (χ1v) is 10.8. The van der Waals surface area contributed by atoms with Crippen molar-refractivity contribution in [3.63, 3.8) is 0 Å². The van der Waals surface area contributed by atoms with Crippen molar-refractivity contribution in [3.05, 3.63) is 18.0 Å². The number of piperazine rings is 1. The summed E-state index contributed by atoms with van der Waals surface area (Å²) < 4.78 is 0. The molecule has 4 bridgehead atoms. The molecule has 0 aromatic carbocycles. The quantitative estimate of drug-likeness (QED) is 0.884. The summed E-state index contributed by atoms with van der Waals surface area (Å²) in [4.78, 5) is 26.1. The van der Waals surface area contributed by atoms with Gasteiger partial charge in [-0.25, -0.2) is 9.97 Å². The van der Waals surface area contributed by atoms with Crippen LogP contribution in [0.25, 0.3) is 0 Å². The number of aromatic nitrogens is 2. The van der Waals surface area contributed by atoms with Gasteiger partial charge in [-0.1, -0.05) is 0 Å². The molecule has 5 aliphatic rings. The lowest BCUT2D eigenvalue weighted by Crippen LogP contribution is -2.64. The van der Waals surface area contributed by atoms with Gasteiger partial charge in [0.1, 0.15) is 0 Å². The minimum absolute atomic E-state index is 0.0724. The molecule has 1 amide bonds. The zero-order chi connectivity index (χ0) is 18.4. The monoisotopic (exact) mass is 369 g/mol. The van der Waals surface area contributed by atoms with Crippen molar-refractivity contribution in [1.29, 1.82) is 0 Å². The summed E-state index contributed by atoms with van der Waals surface area (Å²) in [7, 11) is 0. The van der Waals surface area contributed by atoms with Crippen LogP contribution in [0.4, 0.5) is 5.95 Å². The van der Waals surface area contributed by atoms with E-state index in [4.69, 9.17) is 0 Å². The molecular weight excluding hydrogens is 338 g/mol. The number of nitrogens with zero attached hydrogens (tertiary/aromatic N) is 4. The molecule has 6 heteroatoms. The summed E-state index contributed by atoms with van der Waals surface area (Å²) in [5.74, 6) is 3.58. The Kier molecular flexibility index (Phi) is 4.34. The van der Waals surface area contributed by atoms with E-state index in [-0.39, 0.29) is 5.91 Å². The van der Waals surface area contributed by atoms with Crippen molar-refractivity contribution < 1.29 is 4.79 Å². The van der Waals surface area contributed by atoms with Gasteiger partial charge in [0.15, 0.2) is 0 Å². The zero-order valence-electron chi connectivity index (χ0n) is 16.4. The molecule has 0 atom stereocenters. The highest BCUT2D eigenvalue weighted by Crippen LogP contribution is 2.57. The first-order chi connectivity index (χ1) is 13.1. The molecule has 27 heavy (non-hydrogen) atoms. The molecule has 2 heterocycles. The topological polar surface area (TPSA) is 61.4 Å². The van der Waals surface area contributed by atoms with E-state index in [0.717, 1.165) is 50.5 Å². The van der Waals surface area contributed by atoms with Gasteiger partial charge in [-0.3, -0.25) is 9.69 Å². The standard InChI is InChI=1S/C21H31N5O/c1-2-22-20-23-13-18(14-24-20)19(27)25-3-5-26(6-4-25)21-10-15-7-16(11-21)9-17(8-15)12-21/h13-17H,2-12H2,1H3,(H,22,23,24). The molecule has 1 saturated heterocycles. The first-order valence-electron chi connectivity index (χ1n) is 10.8. The lowest BCUT2D eigenvalue weighted by atomic mass is 9.52. The molecule has 6 nitrogen and oxygen atoms in total. The number of anilines is 1. The van der Waals surface area contributed by atoms with Crippen LogP contribution >= 0.6 is 0 Å². The summed E-state index contributed by atoms with van der Waals surface area (Å²) in [6, 6.07) is 0. The van der Waals surface area contributed by atoms with E-state index in [1.165, 1.54) is 38.5 Å². The summed E-state index contributed by atoms with van der Waals surface area (Å²) in [5.41, 5.74) is 1.06. The Morgan fingerprint density at radius 1 is 1.04 bits per heavy atom. The Bertz CT molecular complexity index is 660. The van der Waals surface area contributed by atoms with Crippen molar-refractivity contribution in [2.75, 3.05) is 38.0 Å². The number of rotatable bonds is 4. The van der Waals surface area contributed by atoms with E-state index in [0.29, 0.717) is 17.1 Å².